The summed E-state index contributed by atoms with van der Waals surface area (Å²) >= 11 is 4.96. The van der Waals surface area contributed by atoms with Crippen molar-refractivity contribution in [3.05, 3.63) is 23.9 Å². The van der Waals surface area contributed by atoms with Gasteiger partial charge in [0.2, 0.25) is 5.91 Å². The van der Waals surface area contributed by atoms with Gasteiger partial charge in [-0.25, -0.2) is 4.98 Å². The molecule has 0 aliphatic rings. The largest absolute Gasteiger partial charge is 0.389 e. The molecule has 0 saturated carbocycles. The van der Waals surface area contributed by atoms with Crippen LogP contribution in [0.5, 0.6) is 0 Å². The molecule has 98 valence electrons. The number of pyridine rings is 1. The van der Waals surface area contributed by atoms with Gasteiger partial charge in [0, 0.05) is 19.3 Å². The highest BCUT2D eigenvalue weighted by atomic mass is 32.1. The number of thiocarbonyl (C=S) groups is 1. The predicted molar refractivity (Wildman–Crippen MR) is 76.7 cm³/mol. The Labute approximate surface area is 112 Å². The molecule has 1 amide bonds. The van der Waals surface area contributed by atoms with Crippen molar-refractivity contribution in [2.24, 2.45) is 5.73 Å². The maximum Gasteiger partial charge on any atom is 0.239 e. The third kappa shape index (κ3) is 3.96. The highest BCUT2D eigenvalue weighted by molar-refractivity contribution is 7.80. The fraction of sp³-hybridized carbons (Fsp3) is 0.417. The van der Waals surface area contributed by atoms with Crippen molar-refractivity contribution < 1.29 is 4.79 Å². The first-order chi connectivity index (χ1) is 8.41. The van der Waals surface area contributed by atoms with Crippen molar-refractivity contribution in [2.45, 2.75) is 19.9 Å². The Bertz CT molecular complexity index is 447. The van der Waals surface area contributed by atoms with Gasteiger partial charge in [-0.3, -0.25) is 4.79 Å². The second kappa shape index (κ2) is 6.30. The standard InChI is InChI=1S/C12H18N4OS/c1-8(2)15-10(17)7-16(3)12-9(11(13)18)5-4-6-14-12/h4-6,8H,7H2,1-3H3,(H2,13,18)(H,15,17). The first-order valence-corrected chi connectivity index (χ1v) is 6.08. The topological polar surface area (TPSA) is 71.2 Å². The Morgan fingerprint density at radius 3 is 2.83 bits per heavy atom. The van der Waals surface area contributed by atoms with Crippen LogP contribution in [-0.2, 0) is 4.79 Å². The van der Waals surface area contributed by atoms with Crippen molar-refractivity contribution in [1.29, 1.82) is 0 Å². The van der Waals surface area contributed by atoms with Gasteiger partial charge in [0.1, 0.15) is 10.8 Å². The maximum atomic E-state index is 11.7. The van der Waals surface area contributed by atoms with E-state index >= 15 is 0 Å². The van der Waals surface area contributed by atoms with Gasteiger partial charge in [-0.1, -0.05) is 12.2 Å². The molecule has 0 bridgehead atoms. The first kappa shape index (κ1) is 14.4. The van der Waals surface area contributed by atoms with Gasteiger partial charge in [-0.2, -0.15) is 0 Å². The van der Waals surface area contributed by atoms with E-state index < -0.39 is 0 Å². The Kier molecular flexibility index (Phi) is 5.03. The Morgan fingerprint density at radius 2 is 2.28 bits per heavy atom. The van der Waals surface area contributed by atoms with Crippen LogP contribution in [0.25, 0.3) is 0 Å². The van der Waals surface area contributed by atoms with Crippen LogP contribution in [-0.4, -0.2) is 35.5 Å². The minimum absolute atomic E-state index is 0.0629. The molecule has 0 spiro atoms. The molecule has 0 atom stereocenters. The molecule has 6 heteroatoms. The number of hydrogen-bond acceptors (Lipinski definition) is 4. The normalized spacial score (nSPS) is 10.2. The summed E-state index contributed by atoms with van der Waals surface area (Å²) in [7, 11) is 1.78. The summed E-state index contributed by atoms with van der Waals surface area (Å²) in [5.41, 5.74) is 6.30. The lowest BCUT2D eigenvalue weighted by Gasteiger charge is -2.20. The minimum Gasteiger partial charge on any atom is -0.389 e. The minimum atomic E-state index is -0.0629. The van der Waals surface area contributed by atoms with Crippen LogP contribution in [0.2, 0.25) is 0 Å². The molecule has 1 aromatic rings. The number of aromatic nitrogens is 1. The van der Waals surface area contributed by atoms with Crippen LogP contribution in [0.4, 0.5) is 5.82 Å². The number of carbonyl (C=O) groups is 1. The molecule has 1 aromatic heterocycles. The Hall–Kier alpha value is -1.69. The van der Waals surface area contributed by atoms with Gasteiger partial charge in [-0.05, 0) is 26.0 Å². The van der Waals surface area contributed by atoms with Crippen LogP contribution in [0.3, 0.4) is 0 Å². The third-order valence-electron chi connectivity index (χ3n) is 2.24. The summed E-state index contributed by atoms with van der Waals surface area (Å²) < 4.78 is 0. The molecule has 0 unspecified atom stereocenters. The fourth-order valence-corrected chi connectivity index (χ4v) is 1.71. The van der Waals surface area contributed by atoms with Gasteiger partial charge in [-0.15, -0.1) is 0 Å². The summed E-state index contributed by atoms with van der Waals surface area (Å²) in [5.74, 6) is 0.552. The van der Waals surface area contributed by atoms with Crippen molar-refractivity contribution in [1.82, 2.24) is 10.3 Å². The highest BCUT2D eigenvalue weighted by Gasteiger charge is 2.13. The summed E-state index contributed by atoms with van der Waals surface area (Å²) in [6.45, 7) is 4.04. The Morgan fingerprint density at radius 1 is 1.61 bits per heavy atom. The summed E-state index contributed by atoms with van der Waals surface area (Å²) in [6.07, 6.45) is 1.65. The van der Waals surface area contributed by atoms with E-state index in [0.717, 1.165) is 0 Å². The van der Waals surface area contributed by atoms with Gasteiger partial charge in [0.25, 0.3) is 0 Å². The molecule has 0 aliphatic carbocycles. The second-order valence-electron chi connectivity index (χ2n) is 4.32. The quantitative estimate of drug-likeness (QED) is 0.767. The van der Waals surface area contributed by atoms with Crippen LogP contribution < -0.4 is 16.0 Å². The van der Waals surface area contributed by atoms with Crippen molar-refractivity contribution >= 4 is 28.9 Å². The number of nitrogens with one attached hydrogen (secondary N) is 1. The molecular weight excluding hydrogens is 248 g/mol. The van der Waals surface area contributed by atoms with Crippen LogP contribution in [0, 0.1) is 0 Å². The third-order valence-corrected chi connectivity index (χ3v) is 2.46. The summed E-state index contributed by atoms with van der Waals surface area (Å²) in [5, 5.41) is 2.82. The summed E-state index contributed by atoms with van der Waals surface area (Å²) in [6, 6.07) is 3.67. The number of hydrogen-bond donors (Lipinski definition) is 2. The molecule has 0 saturated heterocycles. The molecular formula is C12H18N4OS. The molecule has 0 aromatic carbocycles. The number of nitrogens with two attached hydrogens (primary N) is 1. The van der Waals surface area contributed by atoms with Gasteiger partial charge in [0.05, 0.1) is 12.1 Å². The smallest absolute Gasteiger partial charge is 0.239 e. The monoisotopic (exact) mass is 266 g/mol. The van der Waals surface area contributed by atoms with Crippen LogP contribution >= 0.6 is 12.2 Å². The zero-order valence-corrected chi connectivity index (χ0v) is 11.6. The molecule has 3 N–H and O–H groups in total. The molecule has 18 heavy (non-hydrogen) atoms. The zero-order valence-electron chi connectivity index (χ0n) is 10.8. The average Bonchev–Trinajstić information content (AvgIpc) is 2.27. The second-order valence-corrected chi connectivity index (χ2v) is 4.76. The Balaban J connectivity index is 2.81. The lowest BCUT2D eigenvalue weighted by atomic mass is 10.2. The lowest BCUT2D eigenvalue weighted by Crippen LogP contribution is -2.39. The van der Waals surface area contributed by atoms with Crippen molar-refractivity contribution in [3.8, 4) is 0 Å². The van der Waals surface area contributed by atoms with E-state index in [0.29, 0.717) is 11.4 Å². The average molecular weight is 266 g/mol. The number of nitrogens with zero attached hydrogens (tertiary/aromatic N) is 2. The van der Waals surface area contributed by atoms with Crippen LogP contribution in [0.1, 0.15) is 19.4 Å². The zero-order chi connectivity index (χ0) is 13.7. The fourth-order valence-electron chi connectivity index (χ4n) is 1.55. The predicted octanol–water partition coefficient (Wildman–Crippen LogP) is 0.677. The lowest BCUT2D eigenvalue weighted by molar-refractivity contribution is -0.120. The number of amides is 1. The number of carbonyl (C=O) groups excluding carboxylic acids is 1. The molecule has 1 rings (SSSR count). The van der Waals surface area contributed by atoms with E-state index in [1.54, 1.807) is 30.3 Å². The van der Waals surface area contributed by atoms with Gasteiger partial charge in [0.15, 0.2) is 0 Å². The van der Waals surface area contributed by atoms with E-state index in [1.165, 1.54) is 0 Å². The SMILES string of the molecule is CC(C)NC(=O)CN(C)c1ncccc1C(N)=S. The van der Waals surface area contributed by atoms with E-state index in [1.807, 2.05) is 13.8 Å². The summed E-state index contributed by atoms with van der Waals surface area (Å²) in [4.78, 5) is 17.9. The van der Waals surface area contributed by atoms with Crippen molar-refractivity contribution in [3.63, 3.8) is 0 Å². The van der Waals surface area contributed by atoms with E-state index in [9.17, 15) is 4.79 Å². The van der Waals surface area contributed by atoms with E-state index in [4.69, 9.17) is 18.0 Å². The molecule has 5 nitrogen and oxygen atoms in total. The molecule has 0 aliphatic heterocycles. The molecule has 1 heterocycles. The highest BCUT2D eigenvalue weighted by Crippen LogP contribution is 2.15. The molecule has 0 fully saturated rings. The van der Waals surface area contributed by atoms with Crippen LogP contribution in [0.15, 0.2) is 18.3 Å². The molecule has 0 radical (unpaired) electrons. The van der Waals surface area contributed by atoms with Gasteiger partial charge < -0.3 is 16.0 Å². The van der Waals surface area contributed by atoms with E-state index in [-0.39, 0.29) is 23.5 Å². The first-order valence-electron chi connectivity index (χ1n) is 5.67. The van der Waals surface area contributed by atoms with E-state index in [2.05, 4.69) is 10.3 Å². The number of rotatable bonds is 5. The van der Waals surface area contributed by atoms with Gasteiger partial charge >= 0.3 is 0 Å². The number of likely N-dealkylation sites (N-methyl/N-ethyl adjacent to an activating group) is 1. The number of anilines is 1. The maximum absolute atomic E-state index is 11.7. The van der Waals surface area contributed by atoms with Crippen molar-refractivity contribution in [2.75, 3.05) is 18.5 Å².